The van der Waals surface area contributed by atoms with Gasteiger partial charge in [0.05, 0.1) is 6.04 Å². The number of hydrogen-bond donors (Lipinski definition) is 6. The molecule has 1 aromatic carbocycles. The number of nitrogens with one attached hydrogen (secondary N) is 2. The quantitative estimate of drug-likeness (QED) is 0.279. The highest BCUT2D eigenvalue weighted by atomic mass is 16.3. The van der Waals surface area contributed by atoms with Crippen molar-refractivity contribution in [2.75, 3.05) is 19.6 Å². The maximum atomic E-state index is 12.3. The second kappa shape index (κ2) is 11.4. The monoisotopic (exact) mass is 351 g/mol. The molecule has 2 atom stereocenters. The summed E-state index contributed by atoms with van der Waals surface area (Å²) in [7, 11) is 0. The number of rotatable bonds is 11. The van der Waals surface area contributed by atoms with Crippen LogP contribution in [0.25, 0.3) is 0 Å². The van der Waals surface area contributed by atoms with Gasteiger partial charge < -0.3 is 32.9 Å². The van der Waals surface area contributed by atoms with Gasteiger partial charge in [-0.05, 0) is 49.9 Å². The molecule has 1 rings (SSSR count). The highest BCUT2D eigenvalue weighted by Crippen LogP contribution is 2.11. The maximum absolute atomic E-state index is 12.3. The number of amides is 2. The van der Waals surface area contributed by atoms with Crippen LogP contribution in [-0.4, -0.2) is 48.6 Å². The van der Waals surface area contributed by atoms with Crippen LogP contribution in [-0.2, 0) is 16.0 Å². The van der Waals surface area contributed by atoms with Gasteiger partial charge in [-0.25, -0.2) is 0 Å². The van der Waals surface area contributed by atoms with Crippen LogP contribution in [0.1, 0.15) is 24.8 Å². The molecule has 0 aromatic heterocycles. The SMILES string of the molecule is NCCCC[C@@H](NC(=O)[C@H](N)Cc1ccc(O)cc1)C(=O)NCCN. The number of hydrogen-bond acceptors (Lipinski definition) is 6. The summed E-state index contributed by atoms with van der Waals surface area (Å²) >= 11 is 0. The molecule has 2 amide bonds. The van der Waals surface area contributed by atoms with Crippen molar-refractivity contribution < 1.29 is 14.7 Å². The van der Waals surface area contributed by atoms with Crippen LogP contribution >= 0.6 is 0 Å². The zero-order valence-corrected chi connectivity index (χ0v) is 14.4. The standard InChI is InChI=1S/C17H29N5O3/c18-8-2-1-3-15(17(25)21-10-9-19)22-16(24)14(20)11-12-4-6-13(23)7-5-12/h4-7,14-15,23H,1-3,8-11,18-20H2,(H,21,25)(H,22,24)/t14-,15-/m1/s1. The minimum Gasteiger partial charge on any atom is -0.508 e. The van der Waals surface area contributed by atoms with Crippen molar-refractivity contribution in [3.8, 4) is 5.75 Å². The molecular formula is C17H29N5O3. The van der Waals surface area contributed by atoms with Gasteiger partial charge in [-0.1, -0.05) is 12.1 Å². The van der Waals surface area contributed by atoms with Gasteiger partial charge in [0.2, 0.25) is 11.8 Å². The van der Waals surface area contributed by atoms with Gasteiger partial charge >= 0.3 is 0 Å². The highest BCUT2D eigenvalue weighted by molar-refractivity contribution is 5.89. The summed E-state index contributed by atoms with van der Waals surface area (Å²) in [6.07, 6.45) is 2.30. The summed E-state index contributed by atoms with van der Waals surface area (Å²) in [5.74, 6) is -0.514. The van der Waals surface area contributed by atoms with E-state index in [0.29, 0.717) is 32.5 Å². The number of unbranched alkanes of at least 4 members (excludes halogenated alkanes) is 1. The fraction of sp³-hybridized carbons (Fsp3) is 0.529. The van der Waals surface area contributed by atoms with Gasteiger partial charge in [0.1, 0.15) is 11.8 Å². The normalized spacial score (nSPS) is 13.1. The smallest absolute Gasteiger partial charge is 0.242 e. The summed E-state index contributed by atoms with van der Waals surface area (Å²) < 4.78 is 0. The Morgan fingerprint density at radius 2 is 1.72 bits per heavy atom. The van der Waals surface area contributed by atoms with Crippen LogP contribution in [0.15, 0.2) is 24.3 Å². The third-order valence-electron chi connectivity index (χ3n) is 3.75. The van der Waals surface area contributed by atoms with E-state index < -0.39 is 18.0 Å². The number of aromatic hydroxyl groups is 1. The first kappa shape index (κ1) is 20.9. The molecule has 25 heavy (non-hydrogen) atoms. The van der Waals surface area contributed by atoms with Crippen molar-refractivity contribution in [3.63, 3.8) is 0 Å². The lowest BCUT2D eigenvalue weighted by atomic mass is 10.0. The Kier molecular flexibility index (Phi) is 9.53. The first-order chi connectivity index (χ1) is 12.0. The van der Waals surface area contributed by atoms with Gasteiger partial charge in [-0.2, -0.15) is 0 Å². The molecule has 0 aliphatic carbocycles. The molecule has 0 aliphatic heterocycles. The van der Waals surface area contributed by atoms with Gasteiger partial charge in [0, 0.05) is 13.1 Å². The zero-order chi connectivity index (χ0) is 18.7. The Morgan fingerprint density at radius 1 is 1.04 bits per heavy atom. The predicted octanol–water partition coefficient (Wildman–Crippen LogP) is -1.05. The topological polar surface area (TPSA) is 156 Å². The van der Waals surface area contributed by atoms with E-state index in [1.54, 1.807) is 12.1 Å². The molecule has 0 spiro atoms. The largest absolute Gasteiger partial charge is 0.508 e. The van der Waals surface area contributed by atoms with E-state index in [9.17, 15) is 14.7 Å². The highest BCUT2D eigenvalue weighted by Gasteiger charge is 2.23. The van der Waals surface area contributed by atoms with E-state index in [2.05, 4.69) is 10.6 Å². The average molecular weight is 351 g/mol. The summed E-state index contributed by atoms with van der Waals surface area (Å²) in [6.45, 7) is 1.21. The van der Waals surface area contributed by atoms with E-state index in [1.807, 2.05) is 0 Å². The van der Waals surface area contributed by atoms with Crippen LogP contribution in [0, 0.1) is 0 Å². The summed E-state index contributed by atoms with van der Waals surface area (Å²) in [5, 5.41) is 14.7. The van der Waals surface area contributed by atoms with Crippen LogP contribution in [0.3, 0.4) is 0 Å². The summed E-state index contributed by atoms with van der Waals surface area (Å²) in [6, 6.07) is 5.04. The second-order valence-electron chi connectivity index (χ2n) is 5.90. The van der Waals surface area contributed by atoms with Crippen molar-refractivity contribution in [2.45, 2.75) is 37.8 Å². The number of nitrogens with two attached hydrogens (primary N) is 3. The predicted molar refractivity (Wildman–Crippen MR) is 96.7 cm³/mol. The van der Waals surface area contributed by atoms with Crippen molar-refractivity contribution in [1.29, 1.82) is 0 Å². The number of carbonyl (C=O) groups excluding carboxylic acids is 2. The van der Waals surface area contributed by atoms with E-state index in [4.69, 9.17) is 17.2 Å². The minimum absolute atomic E-state index is 0.151. The molecule has 1 aromatic rings. The van der Waals surface area contributed by atoms with Gasteiger partial charge in [-0.3, -0.25) is 9.59 Å². The van der Waals surface area contributed by atoms with Gasteiger partial charge in [0.15, 0.2) is 0 Å². The van der Waals surface area contributed by atoms with E-state index in [1.165, 1.54) is 12.1 Å². The van der Waals surface area contributed by atoms with E-state index in [0.717, 1.165) is 18.4 Å². The number of phenols is 1. The number of carbonyl (C=O) groups is 2. The Balaban J connectivity index is 2.61. The molecule has 0 heterocycles. The maximum Gasteiger partial charge on any atom is 0.242 e. The summed E-state index contributed by atoms with van der Waals surface area (Å²) in [5.41, 5.74) is 17.6. The number of phenolic OH excluding ortho intramolecular Hbond substituents is 1. The Labute approximate surface area is 148 Å². The molecule has 0 bridgehead atoms. The van der Waals surface area contributed by atoms with Crippen LogP contribution < -0.4 is 27.8 Å². The lowest BCUT2D eigenvalue weighted by molar-refractivity contribution is -0.129. The molecule has 0 fully saturated rings. The lowest BCUT2D eigenvalue weighted by Gasteiger charge is -2.20. The van der Waals surface area contributed by atoms with Gasteiger partial charge in [-0.15, -0.1) is 0 Å². The Bertz CT molecular complexity index is 536. The third kappa shape index (κ3) is 7.97. The van der Waals surface area contributed by atoms with E-state index in [-0.39, 0.29) is 11.7 Å². The Hall–Kier alpha value is -2.16. The molecule has 0 unspecified atom stereocenters. The van der Waals surface area contributed by atoms with Crippen LogP contribution in [0.2, 0.25) is 0 Å². The molecule has 0 radical (unpaired) electrons. The molecule has 8 nitrogen and oxygen atoms in total. The first-order valence-electron chi connectivity index (χ1n) is 8.49. The average Bonchev–Trinajstić information content (AvgIpc) is 2.60. The van der Waals surface area contributed by atoms with Crippen molar-refractivity contribution in [2.24, 2.45) is 17.2 Å². The fourth-order valence-electron chi connectivity index (χ4n) is 2.34. The number of benzene rings is 1. The summed E-state index contributed by atoms with van der Waals surface area (Å²) in [4.78, 5) is 24.5. The molecule has 0 saturated heterocycles. The van der Waals surface area contributed by atoms with Crippen molar-refractivity contribution in [3.05, 3.63) is 29.8 Å². The van der Waals surface area contributed by atoms with Crippen molar-refractivity contribution in [1.82, 2.24) is 10.6 Å². The molecule has 140 valence electrons. The molecule has 9 N–H and O–H groups in total. The fourth-order valence-corrected chi connectivity index (χ4v) is 2.34. The third-order valence-corrected chi connectivity index (χ3v) is 3.75. The molecular weight excluding hydrogens is 322 g/mol. The lowest BCUT2D eigenvalue weighted by Crippen LogP contribution is -2.52. The zero-order valence-electron chi connectivity index (χ0n) is 14.4. The van der Waals surface area contributed by atoms with E-state index >= 15 is 0 Å². The first-order valence-corrected chi connectivity index (χ1v) is 8.49. The van der Waals surface area contributed by atoms with Crippen LogP contribution in [0.5, 0.6) is 5.75 Å². The molecule has 0 aliphatic rings. The van der Waals surface area contributed by atoms with Crippen molar-refractivity contribution >= 4 is 11.8 Å². The Morgan fingerprint density at radius 3 is 2.32 bits per heavy atom. The van der Waals surface area contributed by atoms with Gasteiger partial charge in [0.25, 0.3) is 0 Å². The second-order valence-corrected chi connectivity index (χ2v) is 5.90. The minimum atomic E-state index is -0.788. The molecule has 0 saturated carbocycles. The molecule has 8 heteroatoms. The van der Waals surface area contributed by atoms with Crippen LogP contribution in [0.4, 0.5) is 0 Å².